The summed E-state index contributed by atoms with van der Waals surface area (Å²) in [5, 5.41) is 6.53. The minimum Gasteiger partial charge on any atom is -0.452 e. The molecular formula is C18H20ClFN2O4. The Kier molecular flexibility index (Phi) is 6.74. The molecule has 0 aliphatic rings. The Balaban J connectivity index is 2.16. The number of rotatable bonds is 7. The lowest BCUT2D eigenvalue weighted by Gasteiger charge is -2.12. The normalized spacial score (nSPS) is 11.9. The van der Waals surface area contributed by atoms with Crippen LogP contribution in [-0.4, -0.2) is 29.7 Å². The fourth-order valence-corrected chi connectivity index (χ4v) is 2.78. The summed E-state index contributed by atoms with van der Waals surface area (Å²) >= 11 is 6.03. The summed E-state index contributed by atoms with van der Waals surface area (Å²) in [7, 11) is 0. The SMILES string of the molecule is CCC[C@@H](C)NC(=O)COC(=O)c1c(-c2c(F)cccc2Cl)noc1C. The van der Waals surface area contributed by atoms with E-state index in [4.69, 9.17) is 20.9 Å². The number of carbonyl (C=O) groups is 2. The van der Waals surface area contributed by atoms with Crippen LogP contribution < -0.4 is 5.32 Å². The predicted octanol–water partition coefficient (Wildman–Crippen LogP) is 3.90. The molecule has 0 bridgehead atoms. The van der Waals surface area contributed by atoms with Crippen molar-refractivity contribution in [3.8, 4) is 11.3 Å². The number of aromatic nitrogens is 1. The average molecular weight is 383 g/mol. The summed E-state index contributed by atoms with van der Waals surface area (Å²) in [6, 6.07) is 4.09. The minimum atomic E-state index is -0.837. The van der Waals surface area contributed by atoms with E-state index in [1.54, 1.807) is 0 Å². The third kappa shape index (κ3) is 4.60. The molecule has 6 nitrogen and oxygen atoms in total. The molecule has 1 aromatic carbocycles. The molecule has 0 radical (unpaired) electrons. The lowest BCUT2D eigenvalue weighted by Crippen LogP contribution is -2.35. The molecule has 140 valence electrons. The van der Waals surface area contributed by atoms with Gasteiger partial charge in [-0.3, -0.25) is 4.79 Å². The van der Waals surface area contributed by atoms with E-state index in [0.29, 0.717) is 0 Å². The Morgan fingerprint density at radius 1 is 1.42 bits per heavy atom. The number of hydrogen-bond donors (Lipinski definition) is 1. The van der Waals surface area contributed by atoms with Crippen LogP contribution in [0.3, 0.4) is 0 Å². The summed E-state index contributed by atoms with van der Waals surface area (Å²) in [5.74, 6) is -1.76. The second-order valence-electron chi connectivity index (χ2n) is 5.89. The zero-order valence-corrected chi connectivity index (χ0v) is 15.5. The molecule has 2 aromatic rings. The standard InChI is InChI=1S/C18H20ClFN2O4/c1-4-6-10(2)21-14(23)9-25-18(24)15-11(3)26-22-17(15)16-12(19)7-5-8-13(16)20/h5,7-8,10H,4,6,9H2,1-3H3,(H,21,23)/t10-/m1/s1. The van der Waals surface area contributed by atoms with E-state index in [-0.39, 0.29) is 33.6 Å². The van der Waals surface area contributed by atoms with Crippen molar-refractivity contribution in [2.75, 3.05) is 6.61 Å². The van der Waals surface area contributed by atoms with Gasteiger partial charge in [-0.15, -0.1) is 0 Å². The summed E-state index contributed by atoms with van der Waals surface area (Å²) in [6.45, 7) is 4.91. The van der Waals surface area contributed by atoms with Gasteiger partial charge in [0.1, 0.15) is 22.8 Å². The summed E-state index contributed by atoms with van der Waals surface area (Å²) in [5.41, 5.74) is -0.180. The Labute approximate surface area is 155 Å². The number of esters is 1. The number of benzene rings is 1. The van der Waals surface area contributed by atoms with Crippen molar-refractivity contribution in [3.05, 3.63) is 40.4 Å². The van der Waals surface area contributed by atoms with Gasteiger partial charge in [0, 0.05) is 6.04 Å². The molecule has 0 unspecified atom stereocenters. The number of halogens is 2. The zero-order valence-electron chi connectivity index (χ0n) is 14.8. The predicted molar refractivity (Wildman–Crippen MR) is 94.4 cm³/mol. The van der Waals surface area contributed by atoms with Crippen LogP contribution >= 0.6 is 11.6 Å². The van der Waals surface area contributed by atoms with E-state index < -0.39 is 24.3 Å². The van der Waals surface area contributed by atoms with Crippen molar-refractivity contribution in [2.45, 2.75) is 39.7 Å². The Morgan fingerprint density at radius 2 is 2.15 bits per heavy atom. The van der Waals surface area contributed by atoms with Crippen molar-refractivity contribution in [2.24, 2.45) is 0 Å². The lowest BCUT2D eigenvalue weighted by atomic mass is 10.1. The molecule has 26 heavy (non-hydrogen) atoms. The first-order valence-electron chi connectivity index (χ1n) is 8.22. The third-order valence-corrected chi connectivity index (χ3v) is 4.04. The zero-order chi connectivity index (χ0) is 19.3. The van der Waals surface area contributed by atoms with Gasteiger partial charge in [-0.05, 0) is 32.4 Å². The van der Waals surface area contributed by atoms with Gasteiger partial charge in [0.25, 0.3) is 5.91 Å². The highest BCUT2D eigenvalue weighted by molar-refractivity contribution is 6.33. The molecule has 0 fully saturated rings. The first-order chi connectivity index (χ1) is 12.3. The average Bonchev–Trinajstić information content (AvgIpc) is 2.94. The van der Waals surface area contributed by atoms with Gasteiger partial charge < -0.3 is 14.6 Å². The summed E-state index contributed by atoms with van der Waals surface area (Å²) < 4.78 is 24.2. The van der Waals surface area contributed by atoms with Crippen LogP contribution in [0.25, 0.3) is 11.3 Å². The first-order valence-corrected chi connectivity index (χ1v) is 8.60. The molecule has 0 aliphatic carbocycles. The largest absolute Gasteiger partial charge is 0.452 e. The molecule has 1 atom stereocenters. The van der Waals surface area contributed by atoms with Gasteiger partial charge in [0.2, 0.25) is 0 Å². The van der Waals surface area contributed by atoms with Crippen molar-refractivity contribution in [1.82, 2.24) is 10.5 Å². The second kappa shape index (κ2) is 8.80. The van der Waals surface area contributed by atoms with Gasteiger partial charge in [-0.1, -0.05) is 36.2 Å². The molecule has 2 rings (SSSR count). The van der Waals surface area contributed by atoms with Crippen LogP contribution in [0.1, 0.15) is 42.8 Å². The van der Waals surface area contributed by atoms with Gasteiger partial charge in [-0.25, -0.2) is 9.18 Å². The summed E-state index contributed by atoms with van der Waals surface area (Å²) in [4.78, 5) is 24.2. The maximum absolute atomic E-state index is 14.1. The van der Waals surface area contributed by atoms with Crippen molar-refractivity contribution in [3.63, 3.8) is 0 Å². The highest BCUT2D eigenvalue weighted by atomic mass is 35.5. The molecular weight excluding hydrogens is 363 g/mol. The smallest absolute Gasteiger partial charge is 0.344 e. The molecule has 0 aliphatic heterocycles. The maximum Gasteiger partial charge on any atom is 0.344 e. The highest BCUT2D eigenvalue weighted by Gasteiger charge is 2.27. The number of ether oxygens (including phenoxy) is 1. The molecule has 1 heterocycles. The number of amides is 1. The maximum atomic E-state index is 14.1. The van der Waals surface area contributed by atoms with E-state index in [0.717, 1.165) is 12.8 Å². The van der Waals surface area contributed by atoms with Crippen LogP contribution in [0, 0.1) is 12.7 Å². The topological polar surface area (TPSA) is 81.4 Å². The van der Waals surface area contributed by atoms with Gasteiger partial charge >= 0.3 is 5.97 Å². The van der Waals surface area contributed by atoms with Crippen LogP contribution in [0.5, 0.6) is 0 Å². The van der Waals surface area contributed by atoms with Crippen molar-refractivity contribution >= 4 is 23.5 Å². The molecule has 1 amide bonds. The Morgan fingerprint density at radius 3 is 2.81 bits per heavy atom. The van der Waals surface area contributed by atoms with E-state index in [1.807, 2.05) is 13.8 Å². The minimum absolute atomic E-state index is 0.0173. The molecule has 0 saturated carbocycles. The first kappa shape index (κ1) is 19.9. The van der Waals surface area contributed by atoms with Gasteiger partial charge in [0.05, 0.1) is 10.6 Å². The van der Waals surface area contributed by atoms with Crippen molar-refractivity contribution < 1.29 is 23.2 Å². The number of aryl methyl sites for hydroxylation is 1. The highest BCUT2D eigenvalue weighted by Crippen LogP contribution is 2.33. The van der Waals surface area contributed by atoms with Crippen LogP contribution in [-0.2, 0) is 9.53 Å². The number of hydrogen-bond acceptors (Lipinski definition) is 5. The molecule has 1 aromatic heterocycles. The van der Waals surface area contributed by atoms with E-state index in [2.05, 4.69) is 10.5 Å². The Bertz CT molecular complexity index is 786. The number of carbonyl (C=O) groups excluding carboxylic acids is 2. The van der Waals surface area contributed by atoms with E-state index in [1.165, 1.54) is 25.1 Å². The quantitative estimate of drug-likeness (QED) is 0.734. The van der Waals surface area contributed by atoms with Gasteiger partial charge in [-0.2, -0.15) is 0 Å². The molecule has 0 spiro atoms. The molecule has 0 saturated heterocycles. The fraction of sp³-hybridized carbons (Fsp3) is 0.389. The van der Waals surface area contributed by atoms with E-state index >= 15 is 0 Å². The van der Waals surface area contributed by atoms with Gasteiger partial charge in [0.15, 0.2) is 6.61 Å². The number of nitrogens with one attached hydrogen (secondary N) is 1. The Hall–Kier alpha value is -2.41. The number of nitrogens with zero attached hydrogens (tertiary/aromatic N) is 1. The fourth-order valence-electron chi connectivity index (χ4n) is 2.53. The summed E-state index contributed by atoms with van der Waals surface area (Å²) in [6.07, 6.45) is 1.74. The van der Waals surface area contributed by atoms with Crippen LogP contribution in [0.2, 0.25) is 5.02 Å². The van der Waals surface area contributed by atoms with Crippen LogP contribution in [0.4, 0.5) is 4.39 Å². The monoisotopic (exact) mass is 382 g/mol. The molecule has 1 N–H and O–H groups in total. The second-order valence-corrected chi connectivity index (χ2v) is 6.30. The van der Waals surface area contributed by atoms with E-state index in [9.17, 15) is 14.0 Å². The van der Waals surface area contributed by atoms with Crippen molar-refractivity contribution in [1.29, 1.82) is 0 Å². The van der Waals surface area contributed by atoms with Crippen LogP contribution in [0.15, 0.2) is 22.7 Å². The lowest BCUT2D eigenvalue weighted by molar-refractivity contribution is -0.124. The third-order valence-electron chi connectivity index (χ3n) is 3.73. The molecule has 8 heteroatoms.